The Bertz CT molecular complexity index is 592. The Morgan fingerprint density at radius 2 is 2.12 bits per heavy atom. The van der Waals surface area contributed by atoms with Gasteiger partial charge in [0.25, 0.3) is 0 Å². The zero-order valence-corrected chi connectivity index (χ0v) is 13.8. The topological polar surface area (TPSA) is 94.7 Å². The van der Waals surface area contributed by atoms with E-state index in [9.17, 15) is 4.79 Å². The van der Waals surface area contributed by atoms with E-state index in [2.05, 4.69) is 15.1 Å². The normalized spacial score (nSPS) is 21.7. The molecule has 1 atom stereocenters. The third-order valence-electron chi connectivity index (χ3n) is 4.58. The maximum atomic E-state index is 11.0. The highest BCUT2D eigenvalue weighted by molar-refractivity contribution is 5.98. The van der Waals surface area contributed by atoms with Gasteiger partial charge in [0, 0.05) is 50.6 Å². The summed E-state index contributed by atoms with van der Waals surface area (Å²) < 4.78 is 5.70. The van der Waals surface area contributed by atoms with E-state index in [4.69, 9.17) is 15.9 Å². The van der Waals surface area contributed by atoms with Gasteiger partial charge in [0.2, 0.25) is 0 Å². The van der Waals surface area contributed by atoms with Crippen LogP contribution in [0.4, 0.5) is 10.5 Å². The molecule has 2 aliphatic heterocycles. The molecule has 4 N–H and O–H groups in total. The van der Waals surface area contributed by atoms with Gasteiger partial charge in [0.15, 0.2) is 0 Å². The number of carbonyl (C=O) groups is 1. The lowest BCUT2D eigenvalue weighted by Gasteiger charge is -2.37. The lowest BCUT2D eigenvalue weighted by Crippen LogP contribution is -2.50. The number of piperazine rings is 1. The maximum Gasteiger partial charge on any atom is 0.316 e. The van der Waals surface area contributed by atoms with Crippen molar-refractivity contribution in [2.75, 3.05) is 44.6 Å². The highest BCUT2D eigenvalue weighted by Gasteiger charge is 2.24. The van der Waals surface area contributed by atoms with Crippen molar-refractivity contribution in [3.8, 4) is 0 Å². The molecule has 0 saturated carbocycles. The van der Waals surface area contributed by atoms with Gasteiger partial charge in [-0.25, -0.2) is 4.79 Å². The highest BCUT2D eigenvalue weighted by Crippen LogP contribution is 2.16. The molecule has 2 saturated heterocycles. The van der Waals surface area contributed by atoms with Gasteiger partial charge in [-0.1, -0.05) is 12.1 Å². The number of benzene rings is 1. The second-order valence-electron chi connectivity index (χ2n) is 6.34. The number of amides is 2. The predicted molar refractivity (Wildman–Crippen MR) is 93.5 cm³/mol. The standard InChI is InChI=1S/C17H25N5O2/c18-16(13-3-1-4-14(11-13)20-17(19)23)22-8-6-21(7-9-22)12-15-5-2-10-24-15/h1,3-4,11,15,18H,2,5-10,12H2,(H3,19,20,23). The Hall–Kier alpha value is -2.12. The molecular formula is C17H25N5O2. The Morgan fingerprint density at radius 3 is 2.79 bits per heavy atom. The van der Waals surface area contributed by atoms with Gasteiger partial charge < -0.3 is 20.7 Å². The fraction of sp³-hybridized carbons (Fsp3) is 0.529. The molecule has 0 aliphatic carbocycles. The van der Waals surface area contributed by atoms with Crippen LogP contribution in [0.2, 0.25) is 0 Å². The van der Waals surface area contributed by atoms with E-state index in [1.54, 1.807) is 12.1 Å². The fourth-order valence-corrected chi connectivity index (χ4v) is 3.30. The number of ether oxygens (including phenoxy) is 1. The first kappa shape index (κ1) is 16.7. The summed E-state index contributed by atoms with van der Waals surface area (Å²) in [7, 11) is 0. The summed E-state index contributed by atoms with van der Waals surface area (Å²) in [6.45, 7) is 5.45. The number of anilines is 1. The van der Waals surface area contributed by atoms with Crippen molar-refractivity contribution < 1.29 is 9.53 Å². The van der Waals surface area contributed by atoms with Crippen molar-refractivity contribution in [2.45, 2.75) is 18.9 Å². The van der Waals surface area contributed by atoms with E-state index in [1.807, 2.05) is 12.1 Å². The van der Waals surface area contributed by atoms with Crippen LogP contribution in [0.25, 0.3) is 0 Å². The Kier molecular flexibility index (Phi) is 5.32. The average Bonchev–Trinajstić information content (AvgIpc) is 3.07. The summed E-state index contributed by atoms with van der Waals surface area (Å²) in [5.41, 5.74) is 6.54. The summed E-state index contributed by atoms with van der Waals surface area (Å²) in [6.07, 6.45) is 2.72. The van der Waals surface area contributed by atoms with Gasteiger partial charge in [-0.15, -0.1) is 0 Å². The second kappa shape index (κ2) is 7.63. The predicted octanol–water partition coefficient (Wildman–Crippen LogP) is 1.30. The van der Waals surface area contributed by atoms with Crippen molar-refractivity contribution in [1.29, 1.82) is 5.41 Å². The zero-order valence-electron chi connectivity index (χ0n) is 13.8. The minimum absolute atomic E-state index is 0.382. The summed E-state index contributed by atoms with van der Waals surface area (Å²) in [6, 6.07) is 6.66. The van der Waals surface area contributed by atoms with Crippen LogP contribution in [0.5, 0.6) is 0 Å². The third-order valence-corrected chi connectivity index (χ3v) is 4.58. The number of nitrogens with two attached hydrogens (primary N) is 1. The first-order valence-electron chi connectivity index (χ1n) is 8.46. The fourth-order valence-electron chi connectivity index (χ4n) is 3.30. The molecule has 0 radical (unpaired) electrons. The van der Waals surface area contributed by atoms with Crippen LogP contribution >= 0.6 is 0 Å². The quantitative estimate of drug-likeness (QED) is 0.572. The van der Waals surface area contributed by atoms with Gasteiger partial charge in [0.1, 0.15) is 5.84 Å². The lowest BCUT2D eigenvalue weighted by molar-refractivity contribution is 0.0603. The number of hydrogen-bond acceptors (Lipinski definition) is 4. The summed E-state index contributed by atoms with van der Waals surface area (Å²) in [5, 5.41) is 11.0. The molecule has 2 amide bonds. The van der Waals surface area contributed by atoms with Crippen LogP contribution in [0, 0.1) is 5.41 Å². The Morgan fingerprint density at radius 1 is 1.33 bits per heavy atom. The van der Waals surface area contributed by atoms with Gasteiger partial charge in [-0.2, -0.15) is 0 Å². The molecule has 24 heavy (non-hydrogen) atoms. The SMILES string of the molecule is N=C(c1cccc(NC(N)=O)c1)N1CCN(CC2CCCO2)CC1. The lowest BCUT2D eigenvalue weighted by atomic mass is 10.1. The van der Waals surface area contributed by atoms with E-state index in [1.165, 1.54) is 6.42 Å². The number of nitrogens with zero attached hydrogens (tertiary/aromatic N) is 2. The minimum Gasteiger partial charge on any atom is -0.377 e. The smallest absolute Gasteiger partial charge is 0.316 e. The second-order valence-corrected chi connectivity index (χ2v) is 6.34. The van der Waals surface area contributed by atoms with Gasteiger partial charge >= 0.3 is 6.03 Å². The van der Waals surface area contributed by atoms with Crippen LogP contribution in [-0.4, -0.2) is 67.1 Å². The summed E-state index contributed by atoms with van der Waals surface area (Å²) in [4.78, 5) is 15.5. The maximum absolute atomic E-state index is 11.0. The van der Waals surface area contributed by atoms with Gasteiger partial charge in [-0.3, -0.25) is 10.3 Å². The van der Waals surface area contributed by atoms with E-state index < -0.39 is 6.03 Å². The van der Waals surface area contributed by atoms with Crippen LogP contribution < -0.4 is 11.1 Å². The van der Waals surface area contributed by atoms with Crippen molar-refractivity contribution >= 4 is 17.6 Å². The number of carbonyl (C=O) groups excluding carboxylic acids is 1. The van der Waals surface area contributed by atoms with Crippen LogP contribution in [-0.2, 0) is 4.74 Å². The van der Waals surface area contributed by atoms with E-state index in [-0.39, 0.29) is 0 Å². The van der Waals surface area contributed by atoms with E-state index in [0.29, 0.717) is 17.6 Å². The molecule has 1 aromatic rings. The molecule has 2 aliphatic rings. The minimum atomic E-state index is -0.596. The first-order valence-corrected chi connectivity index (χ1v) is 8.46. The van der Waals surface area contributed by atoms with Crippen molar-refractivity contribution in [1.82, 2.24) is 9.80 Å². The summed E-state index contributed by atoms with van der Waals surface area (Å²) in [5.74, 6) is 0.486. The number of hydrogen-bond donors (Lipinski definition) is 3. The zero-order chi connectivity index (χ0) is 16.9. The molecule has 1 aromatic carbocycles. The summed E-state index contributed by atoms with van der Waals surface area (Å²) >= 11 is 0. The first-order chi connectivity index (χ1) is 11.6. The molecule has 0 bridgehead atoms. The molecule has 130 valence electrons. The van der Waals surface area contributed by atoms with E-state index in [0.717, 1.165) is 51.3 Å². The molecule has 1 unspecified atom stereocenters. The molecule has 3 rings (SSSR count). The molecule has 2 fully saturated rings. The largest absolute Gasteiger partial charge is 0.377 e. The van der Waals surface area contributed by atoms with Gasteiger partial charge in [-0.05, 0) is 25.0 Å². The van der Waals surface area contributed by atoms with Gasteiger partial charge in [0.05, 0.1) is 6.10 Å². The molecular weight excluding hydrogens is 306 g/mol. The van der Waals surface area contributed by atoms with Crippen molar-refractivity contribution in [2.24, 2.45) is 5.73 Å². The third kappa shape index (κ3) is 4.24. The average molecular weight is 331 g/mol. The number of rotatable bonds is 4. The Labute approximate surface area is 142 Å². The van der Waals surface area contributed by atoms with Crippen molar-refractivity contribution in [3.05, 3.63) is 29.8 Å². The van der Waals surface area contributed by atoms with Crippen LogP contribution in [0.1, 0.15) is 18.4 Å². The molecule has 0 spiro atoms. The van der Waals surface area contributed by atoms with Crippen molar-refractivity contribution in [3.63, 3.8) is 0 Å². The number of nitrogens with one attached hydrogen (secondary N) is 2. The molecule has 7 heteroatoms. The van der Waals surface area contributed by atoms with Crippen LogP contribution in [0.15, 0.2) is 24.3 Å². The Balaban J connectivity index is 1.53. The molecule has 0 aromatic heterocycles. The molecule has 2 heterocycles. The number of amidine groups is 1. The number of primary amides is 1. The van der Waals surface area contributed by atoms with Crippen LogP contribution in [0.3, 0.4) is 0 Å². The number of urea groups is 1. The molecule has 7 nitrogen and oxygen atoms in total. The highest BCUT2D eigenvalue weighted by atomic mass is 16.5. The van der Waals surface area contributed by atoms with E-state index >= 15 is 0 Å². The monoisotopic (exact) mass is 331 g/mol.